The van der Waals surface area contributed by atoms with E-state index in [-0.39, 0.29) is 16.5 Å². The summed E-state index contributed by atoms with van der Waals surface area (Å²) in [5, 5.41) is 2.73. The maximum absolute atomic E-state index is 2.72. The number of hydrogen-bond donors (Lipinski definition) is 0. The van der Waals surface area contributed by atoms with Crippen LogP contribution in [0.1, 0.15) is 63.1 Å². The van der Waals surface area contributed by atoms with Gasteiger partial charge in [-0.05, 0) is 60.0 Å². The molecule has 5 aromatic rings. The highest BCUT2D eigenvalue weighted by atomic mass is 15.3. The minimum atomic E-state index is -0.183. The van der Waals surface area contributed by atoms with Gasteiger partial charge in [-0.2, -0.15) is 9.13 Å². The first-order chi connectivity index (χ1) is 19.2. The lowest BCUT2D eigenvalue weighted by atomic mass is 9.77. The number of fused-ring (bicyclic) bond motifs is 15. The Kier molecular flexibility index (Phi) is 4.68. The van der Waals surface area contributed by atoms with Crippen molar-refractivity contribution in [2.75, 3.05) is 0 Å². The van der Waals surface area contributed by atoms with E-state index in [1.165, 1.54) is 62.8 Å². The molecule has 3 aromatic carbocycles. The molecule has 2 nitrogen and oxygen atoms in total. The van der Waals surface area contributed by atoms with Crippen molar-refractivity contribution in [1.82, 2.24) is 0 Å². The minimum absolute atomic E-state index is 0.0505. The molecule has 2 aromatic heterocycles. The molecule has 0 amide bonds. The molecule has 0 bridgehead atoms. The molecule has 1 saturated carbocycles. The van der Waals surface area contributed by atoms with Crippen LogP contribution in [0.2, 0.25) is 0 Å². The fourth-order valence-corrected chi connectivity index (χ4v) is 9.41. The Morgan fingerprint density at radius 3 is 2.23 bits per heavy atom. The fraction of sp³-hybridized carbons (Fsp3) is 0.297. The lowest BCUT2D eigenvalue weighted by molar-refractivity contribution is -0.798. The first-order valence-electron chi connectivity index (χ1n) is 14.9. The summed E-state index contributed by atoms with van der Waals surface area (Å²) < 4.78 is 5.38. The van der Waals surface area contributed by atoms with Gasteiger partial charge in [0, 0.05) is 30.2 Å². The lowest BCUT2D eigenvalue weighted by Gasteiger charge is -2.26. The molecule has 3 unspecified atom stereocenters. The van der Waals surface area contributed by atoms with Crippen LogP contribution in [0.5, 0.6) is 0 Å². The first-order valence-corrected chi connectivity index (χ1v) is 14.9. The van der Waals surface area contributed by atoms with Gasteiger partial charge >= 0.3 is 0 Å². The standard InChI is InChI=1S/C37H36N2/c1-4-7-14-26-20-21-28-27(25-26)22-24-39-34(28)30-16-9-10-17-31(30)35(5-2)36(39,6-3)37(35)32-18-11-8-15-29(32)33-19-12-13-23-38(33)37/h8-13,15-25H,4-7,14H2,1-3H3/q+2. The molecule has 192 valence electrons. The molecule has 1 fully saturated rings. The third-order valence-electron chi connectivity index (χ3n) is 10.6. The highest BCUT2D eigenvalue weighted by molar-refractivity contribution is 5.95. The molecular weight excluding hydrogens is 472 g/mol. The fourth-order valence-electron chi connectivity index (χ4n) is 9.41. The number of rotatable bonds is 5. The van der Waals surface area contributed by atoms with Crippen molar-refractivity contribution in [2.45, 2.75) is 69.4 Å². The van der Waals surface area contributed by atoms with Crippen molar-refractivity contribution in [1.29, 1.82) is 0 Å². The van der Waals surface area contributed by atoms with Gasteiger partial charge in [0.1, 0.15) is 5.41 Å². The SMILES string of the molecule is CCCCc1ccc2c3[n+](ccc2c1)C1(CC)C(CC)(c2ccccc2-3)C12c1ccccc1-c1cccc[n+]12. The summed E-state index contributed by atoms with van der Waals surface area (Å²) in [4.78, 5) is 0. The average Bonchev–Trinajstić information content (AvgIpc) is 3.45. The van der Waals surface area contributed by atoms with E-state index in [2.05, 4.69) is 133 Å². The van der Waals surface area contributed by atoms with Gasteiger partial charge in [0.15, 0.2) is 12.4 Å². The normalized spacial score (nSPS) is 25.1. The topological polar surface area (TPSA) is 7.76 Å². The summed E-state index contributed by atoms with van der Waals surface area (Å²) in [6, 6.07) is 34.9. The van der Waals surface area contributed by atoms with E-state index in [1.54, 1.807) is 0 Å². The van der Waals surface area contributed by atoms with Gasteiger partial charge in [-0.15, -0.1) is 0 Å². The maximum atomic E-state index is 2.72. The van der Waals surface area contributed by atoms with E-state index >= 15 is 0 Å². The Morgan fingerprint density at radius 2 is 1.44 bits per heavy atom. The number of unbranched alkanes of at least 4 members (excludes halogenated alkanes) is 1. The number of aromatic nitrogens is 2. The Balaban J connectivity index is 1.52. The highest BCUT2D eigenvalue weighted by Crippen LogP contribution is 2.80. The van der Waals surface area contributed by atoms with Crippen LogP contribution >= 0.6 is 0 Å². The molecule has 2 aliphatic heterocycles. The minimum Gasteiger partial charge on any atom is -0.183 e. The molecule has 39 heavy (non-hydrogen) atoms. The lowest BCUT2D eigenvalue weighted by Crippen LogP contribution is -2.60. The molecule has 4 heterocycles. The Labute approximate surface area is 231 Å². The van der Waals surface area contributed by atoms with Gasteiger partial charge in [-0.3, -0.25) is 0 Å². The third kappa shape index (κ3) is 2.38. The van der Waals surface area contributed by atoms with Crippen molar-refractivity contribution in [2.24, 2.45) is 0 Å². The largest absolute Gasteiger partial charge is 0.275 e. The van der Waals surface area contributed by atoms with E-state index in [9.17, 15) is 0 Å². The monoisotopic (exact) mass is 508 g/mol. The number of nitrogens with zero attached hydrogens (tertiary/aromatic N) is 2. The van der Waals surface area contributed by atoms with Gasteiger partial charge in [-0.1, -0.05) is 75.7 Å². The van der Waals surface area contributed by atoms with Crippen LogP contribution in [-0.2, 0) is 22.9 Å². The Hall–Kier alpha value is -3.78. The van der Waals surface area contributed by atoms with E-state index in [4.69, 9.17) is 0 Å². The van der Waals surface area contributed by atoms with Crippen molar-refractivity contribution in [3.63, 3.8) is 0 Å². The van der Waals surface area contributed by atoms with E-state index in [0.29, 0.717) is 0 Å². The second-order valence-electron chi connectivity index (χ2n) is 11.8. The zero-order valence-corrected chi connectivity index (χ0v) is 23.2. The summed E-state index contributed by atoms with van der Waals surface area (Å²) >= 11 is 0. The van der Waals surface area contributed by atoms with Crippen LogP contribution in [0.3, 0.4) is 0 Å². The van der Waals surface area contributed by atoms with Crippen LogP contribution < -0.4 is 9.13 Å². The number of benzene rings is 3. The maximum Gasteiger partial charge on any atom is 0.275 e. The Bertz CT molecular complexity index is 1750. The summed E-state index contributed by atoms with van der Waals surface area (Å²) in [7, 11) is 0. The zero-order chi connectivity index (χ0) is 26.4. The molecule has 3 atom stereocenters. The molecule has 3 aliphatic rings. The molecule has 1 spiro atoms. The second kappa shape index (κ2) is 7.88. The molecule has 0 radical (unpaired) electrons. The number of pyridine rings is 2. The van der Waals surface area contributed by atoms with Crippen molar-refractivity contribution in [3.05, 3.63) is 120 Å². The summed E-state index contributed by atoms with van der Waals surface area (Å²) in [6.45, 7) is 7.12. The molecule has 2 heteroatoms. The summed E-state index contributed by atoms with van der Waals surface area (Å²) in [5.74, 6) is 0. The van der Waals surface area contributed by atoms with Gasteiger partial charge in [0.05, 0.1) is 16.5 Å². The van der Waals surface area contributed by atoms with Gasteiger partial charge in [-0.25, -0.2) is 0 Å². The molecular formula is C37H36N2+2. The number of hydrogen-bond acceptors (Lipinski definition) is 0. The van der Waals surface area contributed by atoms with Crippen LogP contribution in [0.15, 0.2) is 103 Å². The van der Waals surface area contributed by atoms with Crippen molar-refractivity contribution in [3.8, 4) is 22.5 Å². The molecule has 1 aliphatic carbocycles. The quantitative estimate of drug-likeness (QED) is 0.216. The van der Waals surface area contributed by atoms with E-state index in [1.807, 2.05) is 0 Å². The Morgan fingerprint density at radius 1 is 0.667 bits per heavy atom. The molecule has 0 saturated heterocycles. The van der Waals surface area contributed by atoms with Gasteiger partial charge in [0.2, 0.25) is 11.4 Å². The van der Waals surface area contributed by atoms with Crippen LogP contribution in [-0.4, -0.2) is 0 Å². The highest BCUT2D eigenvalue weighted by Gasteiger charge is 3.03. The van der Waals surface area contributed by atoms with Crippen LogP contribution in [0, 0.1) is 0 Å². The van der Waals surface area contributed by atoms with E-state index in [0.717, 1.165) is 19.3 Å². The van der Waals surface area contributed by atoms with Gasteiger partial charge < -0.3 is 0 Å². The molecule has 8 rings (SSSR count). The third-order valence-corrected chi connectivity index (χ3v) is 10.6. The second-order valence-corrected chi connectivity index (χ2v) is 11.8. The predicted molar refractivity (Wildman–Crippen MR) is 158 cm³/mol. The molecule has 0 N–H and O–H groups in total. The smallest absolute Gasteiger partial charge is 0.183 e. The zero-order valence-electron chi connectivity index (χ0n) is 23.2. The van der Waals surface area contributed by atoms with Crippen molar-refractivity contribution < 1.29 is 9.13 Å². The number of aryl methyl sites for hydroxylation is 1. The van der Waals surface area contributed by atoms with Crippen LogP contribution in [0.4, 0.5) is 0 Å². The van der Waals surface area contributed by atoms with E-state index < -0.39 is 0 Å². The summed E-state index contributed by atoms with van der Waals surface area (Å²) in [5.41, 5.74) is 9.59. The van der Waals surface area contributed by atoms with Gasteiger partial charge in [0.25, 0.3) is 11.1 Å². The average molecular weight is 509 g/mol. The summed E-state index contributed by atoms with van der Waals surface area (Å²) in [6.07, 6.45) is 10.5. The van der Waals surface area contributed by atoms with Crippen molar-refractivity contribution >= 4 is 10.8 Å². The predicted octanol–water partition coefficient (Wildman–Crippen LogP) is 7.63. The first kappa shape index (κ1) is 23.1. The van der Waals surface area contributed by atoms with Crippen LogP contribution in [0.25, 0.3) is 33.3 Å².